The van der Waals surface area contributed by atoms with E-state index in [-0.39, 0.29) is 11.9 Å². The van der Waals surface area contributed by atoms with Gasteiger partial charge in [0.25, 0.3) is 5.91 Å². The Morgan fingerprint density at radius 3 is 2.38 bits per heavy atom. The first-order chi connectivity index (χ1) is 16.7. The molecule has 4 rings (SSSR count). The van der Waals surface area contributed by atoms with Crippen LogP contribution in [0.25, 0.3) is 11.3 Å². The zero-order valence-electron chi connectivity index (χ0n) is 20.3. The first-order valence-corrected chi connectivity index (χ1v) is 12.2. The van der Waals surface area contributed by atoms with E-state index in [0.29, 0.717) is 0 Å². The third-order valence-corrected chi connectivity index (χ3v) is 6.34. The summed E-state index contributed by atoms with van der Waals surface area (Å²) in [5.74, 6) is 0.0226. The highest BCUT2D eigenvalue weighted by atomic mass is 16.2. The van der Waals surface area contributed by atoms with Gasteiger partial charge in [0, 0.05) is 7.05 Å². The van der Waals surface area contributed by atoms with Crippen molar-refractivity contribution in [2.24, 2.45) is 0 Å². The van der Waals surface area contributed by atoms with Crippen molar-refractivity contribution in [1.82, 2.24) is 14.7 Å². The fourth-order valence-electron chi connectivity index (χ4n) is 4.63. The van der Waals surface area contributed by atoms with E-state index in [4.69, 9.17) is 5.10 Å². The fourth-order valence-corrected chi connectivity index (χ4v) is 4.63. The van der Waals surface area contributed by atoms with Gasteiger partial charge >= 0.3 is 0 Å². The van der Waals surface area contributed by atoms with Crippen molar-refractivity contribution in [3.8, 4) is 5.69 Å². The Morgan fingerprint density at radius 1 is 1.00 bits per heavy atom. The van der Waals surface area contributed by atoms with Crippen LogP contribution in [0.3, 0.4) is 0 Å². The van der Waals surface area contributed by atoms with Crippen LogP contribution in [-0.2, 0) is 6.42 Å². The van der Waals surface area contributed by atoms with Crippen molar-refractivity contribution in [2.75, 3.05) is 7.05 Å². The number of allylic oxidation sites excluding steroid dienone is 6. The second-order valence-electron chi connectivity index (χ2n) is 8.63. The van der Waals surface area contributed by atoms with E-state index in [1.165, 1.54) is 0 Å². The number of benzene rings is 2. The van der Waals surface area contributed by atoms with Gasteiger partial charge < -0.3 is 4.90 Å². The number of carbonyl (C=O) groups excluding carboxylic acids is 1. The predicted molar refractivity (Wildman–Crippen MR) is 140 cm³/mol. The highest BCUT2D eigenvalue weighted by molar-refractivity contribution is 6.00. The maximum absolute atomic E-state index is 14.2. The van der Waals surface area contributed by atoms with E-state index in [1.807, 2.05) is 83.4 Å². The van der Waals surface area contributed by atoms with Gasteiger partial charge in [0.2, 0.25) is 0 Å². The Hall–Kier alpha value is -3.66. The van der Waals surface area contributed by atoms with Crippen LogP contribution in [0.2, 0.25) is 0 Å². The number of nitrogens with zero attached hydrogens (tertiary/aromatic N) is 3. The van der Waals surface area contributed by atoms with Crippen molar-refractivity contribution in [1.29, 1.82) is 0 Å². The number of amides is 1. The lowest BCUT2D eigenvalue weighted by atomic mass is 9.98. The normalized spacial score (nSPS) is 13.9. The SMILES string of the molecule is CCCc1c(C(=O)N(C)C(CC)c2ccccc2)c(C2=CC=CC=CC2)nn1-c1ccccc1. The molecule has 1 aliphatic rings. The summed E-state index contributed by atoms with van der Waals surface area (Å²) in [4.78, 5) is 16.1. The minimum absolute atomic E-state index is 0.000920. The van der Waals surface area contributed by atoms with Crippen LogP contribution >= 0.6 is 0 Å². The lowest BCUT2D eigenvalue weighted by Gasteiger charge is -2.28. The number of para-hydroxylation sites is 1. The van der Waals surface area contributed by atoms with Crippen molar-refractivity contribution in [3.05, 3.63) is 114 Å². The molecule has 0 saturated heterocycles. The summed E-state index contributed by atoms with van der Waals surface area (Å²) >= 11 is 0. The zero-order valence-corrected chi connectivity index (χ0v) is 20.3. The second-order valence-corrected chi connectivity index (χ2v) is 8.63. The van der Waals surface area contributed by atoms with Gasteiger partial charge in [-0.15, -0.1) is 0 Å². The number of rotatable bonds is 8. The van der Waals surface area contributed by atoms with Gasteiger partial charge in [-0.3, -0.25) is 4.79 Å². The molecule has 174 valence electrons. The summed E-state index contributed by atoms with van der Waals surface area (Å²) in [7, 11) is 1.92. The fraction of sp³-hybridized carbons (Fsp3) is 0.267. The van der Waals surface area contributed by atoms with Gasteiger partial charge in [0.1, 0.15) is 5.69 Å². The van der Waals surface area contributed by atoms with Crippen LogP contribution in [0, 0.1) is 0 Å². The molecule has 3 aromatic rings. The quantitative estimate of drug-likeness (QED) is 0.372. The second kappa shape index (κ2) is 11.0. The van der Waals surface area contributed by atoms with Gasteiger partial charge in [-0.05, 0) is 42.5 Å². The summed E-state index contributed by atoms with van der Waals surface area (Å²) in [5, 5.41) is 5.06. The molecule has 0 radical (unpaired) electrons. The van der Waals surface area contributed by atoms with E-state index in [0.717, 1.165) is 59.5 Å². The van der Waals surface area contributed by atoms with Crippen LogP contribution < -0.4 is 0 Å². The van der Waals surface area contributed by atoms with Crippen LogP contribution in [-0.4, -0.2) is 27.6 Å². The molecule has 34 heavy (non-hydrogen) atoms. The molecule has 1 aliphatic carbocycles. The minimum atomic E-state index is -0.000920. The van der Waals surface area contributed by atoms with E-state index < -0.39 is 0 Å². The van der Waals surface area contributed by atoms with E-state index in [2.05, 4.69) is 38.1 Å². The van der Waals surface area contributed by atoms with Gasteiger partial charge in [-0.25, -0.2) is 4.68 Å². The van der Waals surface area contributed by atoms with Gasteiger partial charge in [0.05, 0.1) is 23.0 Å². The van der Waals surface area contributed by atoms with Crippen LogP contribution in [0.1, 0.15) is 66.5 Å². The third-order valence-electron chi connectivity index (χ3n) is 6.34. The monoisotopic (exact) mass is 451 g/mol. The highest BCUT2D eigenvalue weighted by Crippen LogP contribution is 2.32. The first-order valence-electron chi connectivity index (χ1n) is 12.2. The Kier molecular flexibility index (Phi) is 7.58. The van der Waals surface area contributed by atoms with E-state index in [9.17, 15) is 4.79 Å². The predicted octanol–water partition coefficient (Wildman–Crippen LogP) is 6.95. The maximum Gasteiger partial charge on any atom is 0.258 e. The molecule has 1 amide bonds. The van der Waals surface area contributed by atoms with E-state index >= 15 is 0 Å². The molecule has 1 aromatic heterocycles. The molecule has 0 N–H and O–H groups in total. The summed E-state index contributed by atoms with van der Waals surface area (Å²) < 4.78 is 1.97. The van der Waals surface area contributed by atoms with Crippen molar-refractivity contribution >= 4 is 11.5 Å². The standard InChI is InChI=1S/C30H33N3O/c1-4-16-27-28(30(34)32(3)26(5-2)23-17-12-8-13-18-23)29(24-19-10-6-7-11-20-24)31-33(27)25-21-14-9-15-22-25/h6-15,17-19,21-22,26H,4-5,16,20H2,1-3H3. The highest BCUT2D eigenvalue weighted by Gasteiger charge is 2.30. The van der Waals surface area contributed by atoms with Gasteiger partial charge in [0.15, 0.2) is 0 Å². The molecule has 0 bridgehead atoms. The lowest BCUT2D eigenvalue weighted by Crippen LogP contribution is -2.32. The van der Waals surface area contributed by atoms with Crippen LogP contribution in [0.4, 0.5) is 0 Å². The molecule has 4 nitrogen and oxygen atoms in total. The largest absolute Gasteiger partial charge is 0.335 e. The number of aromatic nitrogens is 2. The number of carbonyl (C=O) groups is 1. The van der Waals surface area contributed by atoms with Crippen molar-refractivity contribution < 1.29 is 4.79 Å². The molecule has 1 unspecified atom stereocenters. The lowest BCUT2D eigenvalue weighted by molar-refractivity contribution is 0.0724. The molecule has 0 aliphatic heterocycles. The molecule has 0 saturated carbocycles. The summed E-state index contributed by atoms with van der Waals surface area (Å²) in [5.41, 5.74) is 5.66. The van der Waals surface area contributed by atoms with Gasteiger partial charge in [-0.1, -0.05) is 99.2 Å². The molecule has 0 spiro atoms. The molecule has 1 heterocycles. The summed E-state index contributed by atoms with van der Waals surface area (Å²) in [6, 6.07) is 20.4. The Balaban J connectivity index is 1.87. The summed E-state index contributed by atoms with van der Waals surface area (Å²) in [6.45, 7) is 4.28. The van der Waals surface area contributed by atoms with Gasteiger partial charge in [-0.2, -0.15) is 5.10 Å². The number of hydrogen-bond acceptors (Lipinski definition) is 2. The van der Waals surface area contributed by atoms with Crippen LogP contribution in [0.5, 0.6) is 0 Å². The Bertz CT molecular complexity index is 1200. The average Bonchev–Trinajstić information content (AvgIpc) is 3.04. The molecule has 1 atom stereocenters. The van der Waals surface area contributed by atoms with Crippen LogP contribution in [0.15, 0.2) is 91.0 Å². The minimum Gasteiger partial charge on any atom is -0.335 e. The average molecular weight is 452 g/mol. The molecule has 0 fully saturated rings. The maximum atomic E-state index is 14.2. The van der Waals surface area contributed by atoms with Crippen molar-refractivity contribution in [3.63, 3.8) is 0 Å². The topological polar surface area (TPSA) is 38.1 Å². The Morgan fingerprint density at radius 2 is 1.71 bits per heavy atom. The summed E-state index contributed by atoms with van der Waals surface area (Å²) in [6.07, 6.45) is 13.6. The molecule has 2 aromatic carbocycles. The first kappa shape index (κ1) is 23.5. The molecular formula is C30H33N3O. The molecule has 4 heteroatoms. The molecular weight excluding hydrogens is 418 g/mol. The van der Waals surface area contributed by atoms with E-state index in [1.54, 1.807) is 0 Å². The Labute approximate surface area is 202 Å². The third kappa shape index (κ3) is 4.81. The zero-order chi connectivity index (χ0) is 23.9. The van der Waals surface area contributed by atoms with Crippen molar-refractivity contribution in [2.45, 2.75) is 45.6 Å². The smallest absolute Gasteiger partial charge is 0.258 e. The number of hydrogen-bond donors (Lipinski definition) is 0.